The van der Waals surface area contributed by atoms with E-state index in [-0.39, 0.29) is 18.3 Å². The van der Waals surface area contributed by atoms with Crippen molar-refractivity contribution in [1.82, 2.24) is 4.90 Å². The molecule has 1 aliphatic rings. The highest BCUT2D eigenvalue weighted by Crippen LogP contribution is 2.19. The van der Waals surface area contributed by atoms with Crippen molar-refractivity contribution >= 4 is 30.1 Å². The second-order valence-electron chi connectivity index (χ2n) is 4.35. The number of hydrogen-bond acceptors (Lipinski definition) is 3. The fourth-order valence-electron chi connectivity index (χ4n) is 1.46. The molecular weight excluding hydrogens is 232 g/mol. The van der Waals surface area contributed by atoms with Gasteiger partial charge in [0, 0.05) is 25.4 Å². The first-order chi connectivity index (χ1) is 6.58. The Labute approximate surface area is 103 Å². The second kappa shape index (κ2) is 6.61. The Kier molecular flexibility index (Phi) is 6.64. The van der Waals surface area contributed by atoms with Gasteiger partial charge < -0.3 is 10.6 Å². The monoisotopic (exact) mass is 252 g/mol. The average molecular weight is 253 g/mol. The van der Waals surface area contributed by atoms with Gasteiger partial charge in [0.2, 0.25) is 5.91 Å². The van der Waals surface area contributed by atoms with Crippen LogP contribution in [0.1, 0.15) is 20.3 Å². The van der Waals surface area contributed by atoms with Gasteiger partial charge in [0.1, 0.15) is 0 Å². The van der Waals surface area contributed by atoms with Crippen molar-refractivity contribution in [2.45, 2.75) is 20.3 Å². The van der Waals surface area contributed by atoms with Crippen LogP contribution in [0.2, 0.25) is 0 Å². The fourth-order valence-corrected chi connectivity index (χ4v) is 2.35. The Morgan fingerprint density at radius 3 is 2.67 bits per heavy atom. The van der Waals surface area contributed by atoms with Crippen LogP contribution in [-0.4, -0.2) is 41.9 Å². The van der Waals surface area contributed by atoms with E-state index < -0.39 is 5.41 Å². The topological polar surface area (TPSA) is 46.3 Å². The van der Waals surface area contributed by atoms with Crippen molar-refractivity contribution in [3.8, 4) is 0 Å². The van der Waals surface area contributed by atoms with E-state index in [4.69, 9.17) is 5.73 Å². The van der Waals surface area contributed by atoms with E-state index in [2.05, 4.69) is 0 Å². The van der Waals surface area contributed by atoms with Crippen LogP contribution in [0.15, 0.2) is 0 Å². The van der Waals surface area contributed by atoms with E-state index in [0.29, 0.717) is 6.54 Å². The lowest BCUT2D eigenvalue weighted by Crippen LogP contribution is -2.45. The van der Waals surface area contributed by atoms with Crippen molar-refractivity contribution in [1.29, 1.82) is 0 Å². The molecule has 90 valence electrons. The van der Waals surface area contributed by atoms with Crippen molar-refractivity contribution in [2.24, 2.45) is 11.1 Å². The summed E-state index contributed by atoms with van der Waals surface area (Å²) in [5, 5.41) is 0. The summed E-state index contributed by atoms with van der Waals surface area (Å²) in [6.07, 6.45) is 1.11. The molecule has 0 unspecified atom stereocenters. The molecule has 0 bridgehead atoms. The third-order valence-electron chi connectivity index (χ3n) is 2.60. The van der Waals surface area contributed by atoms with Crippen LogP contribution in [-0.2, 0) is 4.79 Å². The van der Waals surface area contributed by atoms with Gasteiger partial charge in [-0.05, 0) is 26.0 Å². The summed E-state index contributed by atoms with van der Waals surface area (Å²) in [6.45, 7) is 6.05. The number of carbonyl (C=O) groups excluding carboxylic acids is 1. The summed E-state index contributed by atoms with van der Waals surface area (Å²) in [5.74, 6) is 2.45. The molecule has 2 N–H and O–H groups in total. The van der Waals surface area contributed by atoms with E-state index in [1.54, 1.807) is 0 Å². The molecule has 0 atom stereocenters. The summed E-state index contributed by atoms with van der Waals surface area (Å²) in [5.41, 5.74) is 5.21. The van der Waals surface area contributed by atoms with Gasteiger partial charge in [0.15, 0.2) is 0 Å². The molecule has 0 aromatic carbocycles. The molecule has 3 nitrogen and oxygen atoms in total. The summed E-state index contributed by atoms with van der Waals surface area (Å²) >= 11 is 1.93. The van der Waals surface area contributed by atoms with Gasteiger partial charge in [-0.1, -0.05) is 0 Å². The molecule has 0 aromatic heterocycles. The Morgan fingerprint density at radius 1 is 1.40 bits per heavy atom. The van der Waals surface area contributed by atoms with Gasteiger partial charge in [0.05, 0.1) is 5.41 Å². The van der Waals surface area contributed by atoms with Crippen molar-refractivity contribution in [3.05, 3.63) is 0 Å². The number of rotatable bonds is 2. The van der Waals surface area contributed by atoms with E-state index in [0.717, 1.165) is 25.3 Å². The van der Waals surface area contributed by atoms with Gasteiger partial charge in [-0.3, -0.25) is 4.79 Å². The van der Waals surface area contributed by atoms with E-state index >= 15 is 0 Å². The molecule has 1 aliphatic heterocycles. The zero-order chi connectivity index (χ0) is 10.6. The molecule has 5 heteroatoms. The smallest absolute Gasteiger partial charge is 0.229 e. The highest BCUT2D eigenvalue weighted by atomic mass is 35.5. The van der Waals surface area contributed by atoms with E-state index in [1.165, 1.54) is 5.75 Å². The van der Waals surface area contributed by atoms with Crippen LogP contribution in [0, 0.1) is 5.41 Å². The predicted molar refractivity (Wildman–Crippen MR) is 68.6 cm³/mol. The number of nitrogens with two attached hydrogens (primary N) is 1. The third kappa shape index (κ3) is 4.21. The van der Waals surface area contributed by atoms with Crippen LogP contribution in [0.25, 0.3) is 0 Å². The summed E-state index contributed by atoms with van der Waals surface area (Å²) in [6, 6.07) is 0. The van der Waals surface area contributed by atoms with Crippen LogP contribution >= 0.6 is 24.2 Å². The number of nitrogens with zero attached hydrogens (tertiary/aromatic N) is 1. The van der Waals surface area contributed by atoms with Crippen molar-refractivity contribution in [3.63, 3.8) is 0 Å². The lowest BCUT2D eigenvalue weighted by atomic mass is 9.92. The Morgan fingerprint density at radius 2 is 2.07 bits per heavy atom. The van der Waals surface area contributed by atoms with E-state index in [1.807, 2.05) is 30.5 Å². The number of carbonyl (C=O) groups is 1. The Hall–Kier alpha value is 0.0700. The minimum atomic E-state index is -0.394. The maximum atomic E-state index is 12.0. The zero-order valence-corrected chi connectivity index (χ0v) is 11.1. The third-order valence-corrected chi connectivity index (χ3v) is 3.65. The van der Waals surface area contributed by atoms with Gasteiger partial charge in [-0.25, -0.2) is 0 Å². The van der Waals surface area contributed by atoms with E-state index in [9.17, 15) is 4.79 Å². The number of halogens is 1. The highest BCUT2D eigenvalue weighted by Gasteiger charge is 2.30. The maximum absolute atomic E-state index is 12.0. The first-order valence-corrected chi connectivity index (χ1v) is 6.30. The van der Waals surface area contributed by atoms with Crippen LogP contribution in [0.3, 0.4) is 0 Å². The number of amides is 1. The molecular formula is C10H21ClN2OS. The molecule has 0 saturated carbocycles. The fraction of sp³-hybridized carbons (Fsp3) is 0.900. The van der Waals surface area contributed by atoms with Gasteiger partial charge in [0.25, 0.3) is 0 Å². The first-order valence-electron chi connectivity index (χ1n) is 5.15. The molecule has 0 radical (unpaired) electrons. The summed E-state index contributed by atoms with van der Waals surface area (Å²) in [4.78, 5) is 14.0. The highest BCUT2D eigenvalue weighted by molar-refractivity contribution is 7.99. The molecule has 1 heterocycles. The van der Waals surface area contributed by atoms with Gasteiger partial charge in [-0.15, -0.1) is 12.4 Å². The molecule has 0 aromatic rings. The zero-order valence-electron chi connectivity index (χ0n) is 9.49. The first kappa shape index (κ1) is 15.1. The predicted octanol–water partition coefficient (Wildman–Crippen LogP) is 1.36. The standard InChI is InChI=1S/C10H20N2OS.ClH/c1-10(2,8-11)9(13)12-4-3-6-14-7-5-12;/h3-8,11H2,1-2H3;1H. The Bertz CT molecular complexity index is 204. The SMILES string of the molecule is CC(C)(CN)C(=O)N1CCCSCC1.Cl. The minimum absolute atomic E-state index is 0. The molecule has 0 spiro atoms. The largest absolute Gasteiger partial charge is 0.341 e. The lowest BCUT2D eigenvalue weighted by molar-refractivity contribution is -0.139. The van der Waals surface area contributed by atoms with Crippen molar-refractivity contribution < 1.29 is 4.79 Å². The maximum Gasteiger partial charge on any atom is 0.229 e. The number of hydrogen-bond donors (Lipinski definition) is 1. The molecule has 1 fully saturated rings. The van der Waals surface area contributed by atoms with Crippen LogP contribution in [0.5, 0.6) is 0 Å². The summed E-state index contributed by atoms with van der Waals surface area (Å²) < 4.78 is 0. The number of thioether (sulfide) groups is 1. The summed E-state index contributed by atoms with van der Waals surface area (Å²) in [7, 11) is 0. The lowest BCUT2D eigenvalue weighted by Gasteiger charge is -2.29. The molecule has 15 heavy (non-hydrogen) atoms. The normalized spacial score (nSPS) is 17.9. The average Bonchev–Trinajstić information content (AvgIpc) is 2.44. The van der Waals surface area contributed by atoms with Crippen LogP contribution < -0.4 is 5.73 Å². The van der Waals surface area contributed by atoms with Crippen molar-refractivity contribution in [2.75, 3.05) is 31.1 Å². The van der Waals surface area contributed by atoms with Crippen LogP contribution in [0.4, 0.5) is 0 Å². The molecule has 0 aliphatic carbocycles. The Balaban J connectivity index is 0.00000196. The minimum Gasteiger partial charge on any atom is -0.341 e. The quantitative estimate of drug-likeness (QED) is 0.807. The second-order valence-corrected chi connectivity index (χ2v) is 5.57. The molecule has 1 rings (SSSR count). The van der Waals surface area contributed by atoms with Gasteiger partial charge >= 0.3 is 0 Å². The molecule has 1 amide bonds. The molecule has 1 saturated heterocycles. The van der Waals surface area contributed by atoms with Gasteiger partial charge in [-0.2, -0.15) is 11.8 Å².